The lowest BCUT2D eigenvalue weighted by Crippen LogP contribution is -2.16. The monoisotopic (exact) mass is 385 g/mol. The highest BCUT2D eigenvalue weighted by molar-refractivity contribution is 7.98. The number of imidazole rings is 1. The number of nitrogens with one attached hydrogen (secondary N) is 1. The fraction of sp³-hybridized carbons (Fsp3) is 0.105. The summed E-state index contributed by atoms with van der Waals surface area (Å²) in [6, 6.07) is 12.2. The molecule has 0 unspecified atom stereocenters. The van der Waals surface area contributed by atoms with E-state index in [1.54, 1.807) is 41.0 Å². The van der Waals surface area contributed by atoms with Gasteiger partial charge in [0.25, 0.3) is 5.91 Å². The zero-order valence-corrected chi connectivity index (χ0v) is 15.4. The second-order valence-corrected chi connectivity index (χ2v) is 6.24. The molecule has 6 nitrogen and oxygen atoms in total. The van der Waals surface area contributed by atoms with Crippen LogP contribution in [0, 0.1) is 5.82 Å². The van der Waals surface area contributed by atoms with Crippen molar-refractivity contribution in [2.75, 3.05) is 18.7 Å². The van der Waals surface area contributed by atoms with E-state index < -0.39 is 5.97 Å². The third kappa shape index (κ3) is 4.01. The van der Waals surface area contributed by atoms with Crippen molar-refractivity contribution >= 4 is 29.3 Å². The Balaban J connectivity index is 1.88. The summed E-state index contributed by atoms with van der Waals surface area (Å²) in [5, 5.41) is 3.37. The summed E-state index contributed by atoms with van der Waals surface area (Å²) in [6.45, 7) is 0. The average Bonchev–Trinajstić information content (AvgIpc) is 3.13. The Morgan fingerprint density at radius 1 is 1.11 bits per heavy atom. The standard InChI is InChI=1S/C19H16FN3O3S/c1-26-18(25)12-3-7-14(8-4-12)22-17(24)16-11-21-19(27-2)23(16)15-9-5-13(20)6-10-15/h3-11H,1-2H3,(H,22,24). The molecule has 2 aromatic carbocycles. The van der Waals surface area contributed by atoms with Gasteiger partial charge in [-0.2, -0.15) is 0 Å². The molecule has 3 aromatic rings. The summed E-state index contributed by atoms with van der Waals surface area (Å²) in [4.78, 5) is 28.5. The molecular weight excluding hydrogens is 369 g/mol. The minimum atomic E-state index is -0.452. The van der Waals surface area contributed by atoms with Gasteiger partial charge in [-0.3, -0.25) is 9.36 Å². The van der Waals surface area contributed by atoms with Crippen molar-refractivity contribution < 1.29 is 18.7 Å². The summed E-state index contributed by atoms with van der Waals surface area (Å²) < 4.78 is 19.5. The molecule has 27 heavy (non-hydrogen) atoms. The van der Waals surface area contributed by atoms with Crippen LogP contribution in [0.15, 0.2) is 59.9 Å². The van der Waals surface area contributed by atoms with Crippen molar-refractivity contribution in [2.24, 2.45) is 0 Å². The molecule has 0 spiro atoms. The molecule has 0 atom stereocenters. The quantitative estimate of drug-likeness (QED) is 0.535. The van der Waals surface area contributed by atoms with Crippen molar-refractivity contribution in [3.05, 3.63) is 71.8 Å². The lowest BCUT2D eigenvalue weighted by molar-refractivity contribution is 0.0600. The van der Waals surface area contributed by atoms with Gasteiger partial charge in [-0.05, 0) is 54.8 Å². The molecule has 0 saturated carbocycles. The fourth-order valence-electron chi connectivity index (χ4n) is 2.48. The minimum Gasteiger partial charge on any atom is -0.465 e. The van der Waals surface area contributed by atoms with E-state index in [9.17, 15) is 14.0 Å². The molecule has 0 fully saturated rings. The van der Waals surface area contributed by atoms with Gasteiger partial charge in [-0.15, -0.1) is 0 Å². The van der Waals surface area contributed by atoms with Crippen LogP contribution in [0.4, 0.5) is 10.1 Å². The number of anilines is 1. The Hall–Kier alpha value is -3.13. The molecule has 0 radical (unpaired) electrons. The molecule has 1 N–H and O–H groups in total. The molecule has 1 aromatic heterocycles. The highest BCUT2D eigenvalue weighted by Crippen LogP contribution is 2.23. The number of nitrogens with zero attached hydrogens (tertiary/aromatic N) is 2. The number of methoxy groups -OCH3 is 1. The maximum atomic E-state index is 13.2. The van der Waals surface area contributed by atoms with Crippen LogP contribution >= 0.6 is 11.8 Å². The van der Waals surface area contributed by atoms with E-state index in [4.69, 9.17) is 0 Å². The Kier molecular flexibility index (Phi) is 5.56. The first-order valence-electron chi connectivity index (χ1n) is 7.91. The molecule has 1 amide bonds. The minimum absolute atomic E-state index is 0.308. The predicted octanol–water partition coefficient (Wildman–Crippen LogP) is 3.77. The smallest absolute Gasteiger partial charge is 0.337 e. The van der Waals surface area contributed by atoms with Crippen LogP contribution in [-0.4, -0.2) is 34.8 Å². The highest BCUT2D eigenvalue weighted by Gasteiger charge is 2.18. The van der Waals surface area contributed by atoms with Crippen molar-refractivity contribution in [1.82, 2.24) is 9.55 Å². The number of hydrogen-bond donors (Lipinski definition) is 1. The number of halogens is 1. The normalized spacial score (nSPS) is 10.5. The first kappa shape index (κ1) is 18.7. The van der Waals surface area contributed by atoms with Gasteiger partial charge in [0.15, 0.2) is 5.16 Å². The Labute approximate surface area is 159 Å². The van der Waals surface area contributed by atoms with E-state index in [1.807, 2.05) is 6.26 Å². The van der Waals surface area contributed by atoms with E-state index in [0.717, 1.165) is 0 Å². The first-order chi connectivity index (χ1) is 13.0. The van der Waals surface area contributed by atoms with Crippen LogP contribution in [0.1, 0.15) is 20.8 Å². The second kappa shape index (κ2) is 8.05. The van der Waals surface area contributed by atoms with Crippen molar-refractivity contribution in [3.8, 4) is 5.69 Å². The van der Waals surface area contributed by atoms with Crippen LogP contribution in [0.5, 0.6) is 0 Å². The van der Waals surface area contributed by atoms with Crippen molar-refractivity contribution in [1.29, 1.82) is 0 Å². The average molecular weight is 385 g/mol. The SMILES string of the molecule is COC(=O)c1ccc(NC(=O)c2cnc(SC)n2-c2ccc(F)cc2)cc1. The number of aromatic nitrogens is 2. The lowest BCUT2D eigenvalue weighted by atomic mass is 10.2. The summed E-state index contributed by atoms with van der Waals surface area (Å²) >= 11 is 1.37. The van der Waals surface area contributed by atoms with Gasteiger partial charge in [-0.1, -0.05) is 11.8 Å². The predicted molar refractivity (Wildman–Crippen MR) is 101 cm³/mol. The molecule has 3 rings (SSSR count). The number of carbonyl (C=O) groups is 2. The highest BCUT2D eigenvalue weighted by atomic mass is 32.2. The number of esters is 1. The maximum absolute atomic E-state index is 13.2. The molecular formula is C19H16FN3O3S. The van der Waals surface area contributed by atoms with E-state index in [1.165, 1.54) is 37.2 Å². The number of ether oxygens (including phenoxy) is 1. The summed E-state index contributed by atoms with van der Waals surface area (Å²) in [7, 11) is 1.30. The van der Waals surface area contributed by atoms with E-state index >= 15 is 0 Å². The zero-order chi connectivity index (χ0) is 19.4. The van der Waals surface area contributed by atoms with Crippen molar-refractivity contribution in [2.45, 2.75) is 5.16 Å². The van der Waals surface area contributed by atoms with Gasteiger partial charge in [0.1, 0.15) is 11.5 Å². The zero-order valence-electron chi connectivity index (χ0n) is 14.6. The third-order valence-electron chi connectivity index (χ3n) is 3.79. The van der Waals surface area contributed by atoms with Crippen LogP contribution in [0.25, 0.3) is 5.69 Å². The number of amides is 1. The summed E-state index contributed by atoms with van der Waals surface area (Å²) in [6.07, 6.45) is 3.31. The molecule has 1 heterocycles. The van der Waals surface area contributed by atoms with Crippen LogP contribution in [0.2, 0.25) is 0 Å². The molecule has 0 aliphatic carbocycles. The number of hydrogen-bond acceptors (Lipinski definition) is 5. The Morgan fingerprint density at radius 3 is 2.37 bits per heavy atom. The topological polar surface area (TPSA) is 73.2 Å². The van der Waals surface area contributed by atoms with Crippen LogP contribution < -0.4 is 5.32 Å². The van der Waals surface area contributed by atoms with Crippen LogP contribution in [0.3, 0.4) is 0 Å². The van der Waals surface area contributed by atoms with E-state index in [-0.39, 0.29) is 11.7 Å². The molecule has 8 heteroatoms. The van der Waals surface area contributed by atoms with Gasteiger partial charge in [-0.25, -0.2) is 14.2 Å². The van der Waals surface area contributed by atoms with Gasteiger partial charge >= 0.3 is 5.97 Å². The molecule has 138 valence electrons. The van der Waals surface area contributed by atoms with E-state index in [0.29, 0.717) is 27.8 Å². The maximum Gasteiger partial charge on any atom is 0.337 e. The lowest BCUT2D eigenvalue weighted by Gasteiger charge is -2.11. The molecule has 0 bridgehead atoms. The number of carbonyl (C=O) groups excluding carboxylic acids is 2. The Bertz CT molecular complexity index is 969. The van der Waals surface area contributed by atoms with Gasteiger partial charge in [0.2, 0.25) is 0 Å². The number of rotatable bonds is 5. The summed E-state index contributed by atoms with van der Waals surface area (Å²) in [5.74, 6) is -1.19. The summed E-state index contributed by atoms with van der Waals surface area (Å²) in [5.41, 5.74) is 1.84. The van der Waals surface area contributed by atoms with E-state index in [2.05, 4.69) is 15.0 Å². The van der Waals surface area contributed by atoms with Crippen LogP contribution in [-0.2, 0) is 4.74 Å². The largest absolute Gasteiger partial charge is 0.465 e. The van der Waals surface area contributed by atoms with Gasteiger partial charge < -0.3 is 10.1 Å². The van der Waals surface area contributed by atoms with Gasteiger partial charge in [0, 0.05) is 11.4 Å². The number of benzene rings is 2. The van der Waals surface area contributed by atoms with Crippen molar-refractivity contribution in [3.63, 3.8) is 0 Å². The number of thioether (sulfide) groups is 1. The first-order valence-corrected chi connectivity index (χ1v) is 9.13. The van der Waals surface area contributed by atoms with Gasteiger partial charge in [0.05, 0.1) is 18.9 Å². The Morgan fingerprint density at radius 2 is 1.78 bits per heavy atom. The third-order valence-corrected chi connectivity index (χ3v) is 4.45. The fourth-order valence-corrected chi connectivity index (χ4v) is 3.03. The molecule has 0 saturated heterocycles. The molecule has 0 aliphatic rings. The molecule has 0 aliphatic heterocycles. The second-order valence-electron chi connectivity index (χ2n) is 5.47.